The molecule has 1 atom stereocenters. The van der Waals surface area contributed by atoms with Gasteiger partial charge in [0.2, 0.25) is 0 Å². The third kappa shape index (κ3) is 3.26. The number of aromatic nitrogens is 2. The second-order valence-corrected chi connectivity index (χ2v) is 7.24. The molecule has 0 spiro atoms. The number of aliphatic hydroxyl groups is 1. The van der Waals surface area contributed by atoms with Crippen LogP contribution in [0.5, 0.6) is 0 Å². The first-order valence-corrected chi connectivity index (χ1v) is 9.29. The van der Waals surface area contributed by atoms with Crippen LogP contribution < -0.4 is 0 Å². The van der Waals surface area contributed by atoms with Gasteiger partial charge in [0.25, 0.3) is 0 Å². The quantitative estimate of drug-likeness (QED) is 0.553. The van der Waals surface area contributed by atoms with Gasteiger partial charge in [0.05, 0.1) is 11.0 Å². The molecule has 0 unspecified atom stereocenters. The van der Waals surface area contributed by atoms with E-state index in [2.05, 4.69) is 43.5 Å². The highest BCUT2D eigenvalue weighted by molar-refractivity contribution is 5.76. The number of benzene rings is 3. The predicted molar refractivity (Wildman–Crippen MR) is 110 cm³/mol. The fraction of sp³-hybridized carbons (Fsp3) is 0.208. The normalized spacial score (nSPS) is 12.4. The number of aliphatic hydroxyl groups excluding tert-OH is 1. The molecule has 0 radical (unpaired) electrons. The summed E-state index contributed by atoms with van der Waals surface area (Å²) >= 11 is 0. The van der Waals surface area contributed by atoms with E-state index in [0.717, 1.165) is 16.6 Å². The molecule has 0 aliphatic rings. The van der Waals surface area contributed by atoms with Gasteiger partial charge in [-0.25, -0.2) is 4.98 Å². The summed E-state index contributed by atoms with van der Waals surface area (Å²) in [6, 6.07) is 22.2. The van der Waals surface area contributed by atoms with E-state index in [4.69, 9.17) is 4.98 Å². The summed E-state index contributed by atoms with van der Waals surface area (Å²) in [5.74, 6) is 0.682. The Morgan fingerprint density at radius 3 is 2.22 bits per heavy atom. The fourth-order valence-electron chi connectivity index (χ4n) is 3.87. The average Bonchev–Trinajstić information content (AvgIpc) is 3.03. The van der Waals surface area contributed by atoms with Crippen molar-refractivity contribution in [1.29, 1.82) is 0 Å². The topological polar surface area (TPSA) is 38.0 Å². The van der Waals surface area contributed by atoms with Crippen LogP contribution in [0.25, 0.3) is 11.0 Å². The number of rotatable bonds is 4. The van der Waals surface area contributed by atoms with Crippen molar-refractivity contribution in [2.45, 2.75) is 33.4 Å². The van der Waals surface area contributed by atoms with E-state index in [1.165, 1.54) is 22.3 Å². The van der Waals surface area contributed by atoms with Gasteiger partial charge in [-0.3, -0.25) is 0 Å². The van der Waals surface area contributed by atoms with Crippen LogP contribution >= 0.6 is 0 Å². The van der Waals surface area contributed by atoms with Crippen LogP contribution in [0.3, 0.4) is 0 Å². The predicted octanol–water partition coefficient (Wildman–Crippen LogP) is 5.09. The Kier molecular flexibility index (Phi) is 4.54. The van der Waals surface area contributed by atoms with Gasteiger partial charge in [0, 0.05) is 6.54 Å². The molecule has 0 bridgehead atoms. The molecule has 4 aromatic rings. The maximum Gasteiger partial charge on any atom is 0.143 e. The van der Waals surface area contributed by atoms with Crippen LogP contribution in [0.2, 0.25) is 0 Å². The third-order valence-electron chi connectivity index (χ3n) is 5.20. The van der Waals surface area contributed by atoms with E-state index in [9.17, 15) is 5.11 Å². The fourth-order valence-corrected chi connectivity index (χ4v) is 3.87. The Morgan fingerprint density at radius 2 is 1.52 bits per heavy atom. The summed E-state index contributed by atoms with van der Waals surface area (Å²) in [5, 5.41) is 11.1. The van der Waals surface area contributed by atoms with Gasteiger partial charge in [-0.1, -0.05) is 60.2 Å². The lowest BCUT2D eigenvalue weighted by Crippen LogP contribution is -2.12. The van der Waals surface area contributed by atoms with E-state index in [1.54, 1.807) is 0 Å². The lowest BCUT2D eigenvalue weighted by Gasteiger charge is -2.17. The molecule has 0 aliphatic carbocycles. The van der Waals surface area contributed by atoms with Crippen molar-refractivity contribution in [2.24, 2.45) is 0 Å². The highest BCUT2D eigenvalue weighted by Crippen LogP contribution is 2.28. The van der Waals surface area contributed by atoms with Crippen molar-refractivity contribution in [3.8, 4) is 0 Å². The molecule has 3 nitrogen and oxygen atoms in total. The summed E-state index contributed by atoms with van der Waals surface area (Å²) in [5.41, 5.74) is 7.90. The Labute approximate surface area is 159 Å². The molecule has 1 aromatic heterocycles. The van der Waals surface area contributed by atoms with Crippen molar-refractivity contribution in [3.63, 3.8) is 0 Å². The first kappa shape index (κ1) is 17.5. The molecule has 136 valence electrons. The summed E-state index contributed by atoms with van der Waals surface area (Å²) in [7, 11) is 0. The van der Waals surface area contributed by atoms with Gasteiger partial charge < -0.3 is 9.67 Å². The van der Waals surface area contributed by atoms with Gasteiger partial charge in [-0.05, 0) is 55.2 Å². The number of nitrogens with zero attached hydrogens (tertiary/aromatic N) is 2. The summed E-state index contributed by atoms with van der Waals surface area (Å²) in [4.78, 5) is 4.77. The lowest BCUT2D eigenvalue weighted by molar-refractivity contribution is 0.206. The maximum atomic E-state index is 11.1. The highest BCUT2D eigenvalue weighted by Gasteiger charge is 2.20. The summed E-state index contributed by atoms with van der Waals surface area (Å²) in [6.07, 6.45) is -0.760. The van der Waals surface area contributed by atoms with Crippen LogP contribution in [0, 0.1) is 20.8 Å². The molecule has 0 amide bonds. The zero-order valence-corrected chi connectivity index (χ0v) is 16.0. The zero-order chi connectivity index (χ0) is 19.0. The molecule has 3 aromatic carbocycles. The van der Waals surface area contributed by atoms with Gasteiger partial charge in [-0.2, -0.15) is 0 Å². The second kappa shape index (κ2) is 7.01. The number of para-hydroxylation sites is 2. The van der Waals surface area contributed by atoms with E-state index in [1.807, 2.05) is 48.5 Å². The Hall–Kier alpha value is -2.91. The number of hydrogen-bond donors (Lipinski definition) is 1. The molecule has 4 rings (SSSR count). The van der Waals surface area contributed by atoms with E-state index in [0.29, 0.717) is 12.4 Å². The first-order chi connectivity index (χ1) is 13.0. The minimum atomic E-state index is -0.760. The summed E-state index contributed by atoms with van der Waals surface area (Å²) < 4.78 is 2.15. The molecular formula is C24H24N2O. The van der Waals surface area contributed by atoms with Gasteiger partial charge in [0.1, 0.15) is 11.9 Å². The van der Waals surface area contributed by atoms with Crippen molar-refractivity contribution in [3.05, 3.63) is 100 Å². The van der Waals surface area contributed by atoms with E-state index < -0.39 is 6.10 Å². The van der Waals surface area contributed by atoms with E-state index >= 15 is 0 Å². The van der Waals surface area contributed by atoms with Crippen LogP contribution in [-0.4, -0.2) is 14.7 Å². The molecule has 3 heteroatoms. The molecular weight excluding hydrogens is 332 g/mol. The minimum Gasteiger partial charge on any atom is -0.380 e. The number of hydrogen-bond acceptors (Lipinski definition) is 2. The third-order valence-corrected chi connectivity index (χ3v) is 5.20. The van der Waals surface area contributed by atoms with Crippen LogP contribution in [0.4, 0.5) is 0 Å². The highest BCUT2D eigenvalue weighted by atomic mass is 16.3. The Balaban J connectivity index is 1.87. The molecule has 0 fully saturated rings. The molecule has 0 aliphatic heterocycles. The van der Waals surface area contributed by atoms with Crippen molar-refractivity contribution in [1.82, 2.24) is 9.55 Å². The average molecular weight is 356 g/mol. The molecule has 1 N–H and O–H groups in total. The Morgan fingerprint density at radius 1 is 0.889 bits per heavy atom. The lowest BCUT2D eigenvalue weighted by atomic mass is 9.99. The molecule has 1 heterocycles. The van der Waals surface area contributed by atoms with Crippen molar-refractivity contribution in [2.75, 3.05) is 0 Å². The number of fused-ring (bicyclic) bond motifs is 1. The van der Waals surface area contributed by atoms with Gasteiger partial charge in [0.15, 0.2) is 0 Å². The minimum absolute atomic E-state index is 0.682. The van der Waals surface area contributed by atoms with Gasteiger partial charge in [-0.15, -0.1) is 0 Å². The standard InChI is InChI=1S/C24H24N2O/c1-16-13-17(2)20(18(3)14-16)15-26-22-12-8-7-11-21(22)25-24(26)23(27)19-9-5-4-6-10-19/h4-14,23,27H,15H2,1-3H3/t23-/m1/s1. The first-order valence-electron chi connectivity index (χ1n) is 9.29. The smallest absolute Gasteiger partial charge is 0.143 e. The second-order valence-electron chi connectivity index (χ2n) is 7.24. The van der Waals surface area contributed by atoms with Gasteiger partial charge >= 0.3 is 0 Å². The maximum absolute atomic E-state index is 11.1. The molecule has 27 heavy (non-hydrogen) atoms. The molecule has 0 saturated carbocycles. The SMILES string of the molecule is Cc1cc(C)c(Cn2c([C@H](O)c3ccccc3)nc3ccccc32)c(C)c1. The van der Waals surface area contributed by atoms with Crippen molar-refractivity contribution < 1.29 is 5.11 Å². The zero-order valence-electron chi connectivity index (χ0n) is 16.0. The number of imidazole rings is 1. The van der Waals surface area contributed by atoms with Crippen LogP contribution in [0.1, 0.15) is 39.7 Å². The summed E-state index contributed by atoms with van der Waals surface area (Å²) in [6.45, 7) is 7.13. The van der Waals surface area contributed by atoms with Crippen LogP contribution in [-0.2, 0) is 6.54 Å². The number of aryl methyl sites for hydroxylation is 3. The molecule has 0 saturated heterocycles. The monoisotopic (exact) mass is 356 g/mol. The Bertz CT molecular complexity index is 1070. The van der Waals surface area contributed by atoms with Crippen LogP contribution in [0.15, 0.2) is 66.7 Å². The van der Waals surface area contributed by atoms with Crippen molar-refractivity contribution >= 4 is 11.0 Å². The van der Waals surface area contributed by atoms with E-state index in [-0.39, 0.29) is 0 Å². The largest absolute Gasteiger partial charge is 0.380 e.